The van der Waals surface area contributed by atoms with Crippen LogP contribution < -0.4 is 10.1 Å². The third-order valence-electron chi connectivity index (χ3n) is 5.93. The number of aryl methyl sites for hydroxylation is 1. The van der Waals surface area contributed by atoms with Crippen LogP contribution >= 0.6 is 22.9 Å². The van der Waals surface area contributed by atoms with E-state index in [1.165, 1.54) is 4.88 Å². The van der Waals surface area contributed by atoms with Crippen LogP contribution in [0, 0.1) is 5.92 Å². The molecule has 31 heavy (non-hydrogen) atoms. The minimum absolute atomic E-state index is 0.197. The summed E-state index contributed by atoms with van der Waals surface area (Å²) in [6.45, 7) is 2.72. The highest BCUT2D eigenvalue weighted by atomic mass is 35.5. The van der Waals surface area contributed by atoms with Gasteiger partial charge in [0, 0.05) is 17.3 Å². The van der Waals surface area contributed by atoms with Crippen LogP contribution in [0.25, 0.3) is 10.2 Å². The predicted octanol–water partition coefficient (Wildman–Crippen LogP) is 5.89. The van der Waals surface area contributed by atoms with Gasteiger partial charge in [0.1, 0.15) is 22.2 Å². The highest BCUT2D eigenvalue weighted by Crippen LogP contribution is 2.37. The lowest BCUT2D eigenvalue weighted by atomic mass is 9.81. The van der Waals surface area contributed by atoms with Gasteiger partial charge >= 0.3 is 5.97 Å². The number of halogens is 1. The van der Waals surface area contributed by atoms with Gasteiger partial charge in [-0.05, 0) is 55.9 Å². The molecule has 0 radical (unpaired) electrons. The van der Waals surface area contributed by atoms with E-state index in [9.17, 15) is 9.90 Å². The van der Waals surface area contributed by atoms with Crippen molar-refractivity contribution in [1.82, 2.24) is 9.97 Å². The van der Waals surface area contributed by atoms with Crippen LogP contribution in [0.1, 0.15) is 54.8 Å². The molecule has 0 saturated heterocycles. The molecule has 1 aromatic carbocycles. The number of hydrogen-bond acceptors (Lipinski definition) is 6. The monoisotopic (exact) mass is 459 g/mol. The van der Waals surface area contributed by atoms with Crippen LogP contribution in [0.4, 0.5) is 5.82 Å². The van der Waals surface area contributed by atoms with Gasteiger partial charge in [-0.15, -0.1) is 11.3 Å². The van der Waals surface area contributed by atoms with Gasteiger partial charge in [0.25, 0.3) is 0 Å². The normalized spacial score (nSPS) is 18.8. The molecule has 0 bridgehead atoms. The summed E-state index contributed by atoms with van der Waals surface area (Å²) >= 11 is 7.97. The van der Waals surface area contributed by atoms with Gasteiger partial charge in [-0.3, -0.25) is 4.79 Å². The molecule has 2 N–H and O–H groups in total. The SMILES string of the molecule is CCc1cc2c(NCc3ccc(OC)c(Cl)c3)nc(C3CCC(C(=O)O)CC3)nc2s1. The third kappa shape index (κ3) is 4.77. The zero-order valence-corrected chi connectivity index (χ0v) is 19.2. The molecule has 3 aromatic rings. The maximum absolute atomic E-state index is 11.3. The maximum Gasteiger partial charge on any atom is 0.306 e. The van der Waals surface area contributed by atoms with Gasteiger partial charge in [-0.1, -0.05) is 24.6 Å². The van der Waals surface area contributed by atoms with E-state index >= 15 is 0 Å². The molecule has 164 valence electrons. The molecule has 4 rings (SSSR count). The smallest absolute Gasteiger partial charge is 0.306 e. The van der Waals surface area contributed by atoms with E-state index in [4.69, 9.17) is 26.3 Å². The van der Waals surface area contributed by atoms with Crippen molar-refractivity contribution in [1.29, 1.82) is 0 Å². The first kappa shape index (κ1) is 21.8. The average Bonchev–Trinajstić information content (AvgIpc) is 3.21. The summed E-state index contributed by atoms with van der Waals surface area (Å²) in [5, 5.41) is 14.4. The number of aliphatic carboxylic acids is 1. The summed E-state index contributed by atoms with van der Waals surface area (Å²) in [6.07, 6.45) is 3.93. The molecule has 0 unspecified atom stereocenters. The standard InChI is InChI=1S/C23H26ClN3O3S/c1-3-16-11-17-21(25-12-13-4-9-19(30-2)18(24)10-13)26-20(27-22(17)31-16)14-5-7-15(8-6-14)23(28)29/h4,9-11,14-15H,3,5-8,12H2,1-2H3,(H,28,29)(H,25,26,27). The summed E-state index contributed by atoms with van der Waals surface area (Å²) in [7, 11) is 1.60. The molecular weight excluding hydrogens is 434 g/mol. The fraction of sp³-hybridized carbons (Fsp3) is 0.435. The number of thiophene rings is 1. The van der Waals surface area contributed by atoms with Gasteiger partial charge in [-0.2, -0.15) is 0 Å². The molecule has 0 atom stereocenters. The van der Waals surface area contributed by atoms with Crippen molar-refractivity contribution in [3.8, 4) is 5.75 Å². The molecule has 0 amide bonds. The largest absolute Gasteiger partial charge is 0.495 e. The molecule has 1 saturated carbocycles. The third-order valence-corrected chi connectivity index (χ3v) is 7.40. The fourth-order valence-corrected chi connectivity index (χ4v) is 5.34. The van der Waals surface area contributed by atoms with Gasteiger partial charge in [-0.25, -0.2) is 9.97 Å². The van der Waals surface area contributed by atoms with Crippen molar-refractivity contribution >= 4 is 44.9 Å². The number of fused-ring (bicyclic) bond motifs is 1. The van der Waals surface area contributed by atoms with Gasteiger partial charge in [0.2, 0.25) is 0 Å². The van der Waals surface area contributed by atoms with E-state index in [-0.39, 0.29) is 11.8 Å². The molecule has 2 aromatic heterocycles. The molecule has 1 aliphatic rings. The van der Waals surface area contributed by atoms with Crippen LogP contribution in [-0.4, -0.2) is 28.2 Å². The Kier molecular flexibility index (Phi) is 6.62. The van der Waals surface area contributed by atoms with Crippen molar-refractivity contribution in [2.45, 2.75) is 51.5 Å². The summed E-state index contributed by atoms with van der Waals surface area (Å²) in [5.41, 5.74) is 1.03. The Hall–Kier alpha value is -2.38. The zero-order chi connectivity index (χ0) is 22.0. The van der Waals surface area contributed by atoms with E-state index in [0.29, 0.717) is 30.2 Å². The van der Waals surface area contributed by atoms with Gasteiger partial charge in [0.05, 0.1) is 23.4 Å². The first-order valence-electron chi connectivity index (χ1n) is 10.6. The van der Waals surface area contributed by atoms with E-state index in [1.807, 2.05) is 18.2 Å². The lowest BCUT2D eigenvalue weighted by Gasteiger charge is -2.25. The number of rotatable bonds is 7. The number of nitrogens with one attached hydrogen (secondary N) is 1. The number of carbonyl (C=O) groups is 1. The quantitative estimate of drug-likeness (QED) is 0.458. The predicted molar refractivity (Wildman–Crippen MR) is 124 cm³/mol. The van der Waals surface area contributed by atoms with Crippen molar-refractivity contribution < 1.29 is 14.6 Å². The van der Waals surface area contributed by atoms with E-state index in [1.54, 1.807) is 18.4 Å². The minimum Gasteiger partial charge on any atom is -0.495 e. The lowest BCUT2D eigenvalue weighted by molar-refractivity contribution is -0.142. The topological polar surface area (TPSA) is 84.3 Å². The molecule has 6 nitrogen and oxygen atoms in total. The van der Waals surface area contributed by atoms with Crippen molar-refractivity contribution in [2.75, 3.05) is 12.4 Å². The Bertz CT molecular complexity index is 1090. The minimum atomic E-state index is -0.693. The number of aromatic nitrogens is 2. The molecular formula is C23H26ClN3O3S. The number of ether oxygens (including phenoxy) is 1. The number of carboxylic acids is 1. The second-order valence-electron chi connectivity index (χ2n) is 7.92. The van der Waals surface area contributed by atoms with E-state index in [2.05, 4.69) is 18.3 Å². The number of anilines is 1. The Morgan fingerprint density at radius 3 is 2.68 bits per heavy atom. The second-order valence-corrected chi connectivity index (χ2v) is 9.45. The summed E-state index contributed by atoms with van der Waals surface area (Å²) < 4.78 is 5.23. The highest BCUT2D eigenvalue weighted by molar-refractivity contribution is 7.18. The lowest BCUT2D eigenvalue weighted by Crippen LogP contribution is -2.21. The average molecular weight is 460 g/mol. The number of methoxy groups -OCH3 is 1. The Morgan fingerprint density at radius 1 is 1.26 bits per heavy atom. The number of hydrogen-bond donors (Lipinski definition) is 2. The van der Waals surface area contributed by atoms with Crippen molar-refractivity contribution in [2.24, 2.45) is 5.92 Å². The summed E-state index contributed by atoms with van der Waals surface area (Å²) in [5.74, 6) is 1.55. The van der Waals surface area contributed by atoms with E-state index in [0.717, 1.165) is 46.7 Å². The van der Waals surface area contributed by atoms with Crippen LogP contribution in [-0.2, 0) is 17.8 Å². The van der Waals surface area contributed by atoms with Crippen molar-refractivity contribution in [3.63, 3.8) is 0 Å². The number of nitrogens with zero attached hydrogens (tertiary/aromatic N) is 2. The fourth-order valence-electron chi connectivity index (χ4n) is 4.08. The Morgan fingerprint density at radius 2 is 2.03 bits per heavy atom. The zero-order valence-electron chi connectivity index (χ0n) is 17.7. The maximum atomic E-state index is 11.3. The first-order chi connectivity index (χ1) is 15.0. The first-order valence-corrected chi connectivity index (χ1v) is 11.8. The van der Waals surface area contributed by atoms with E-state index < -0.39 is 5.97 Å². The van der Waals surface area contributed by atoms with Crippen molar-refractivity contribution in [3.05, 3.63) is 45.6 Å². The number of benzene rings is 1. The highest BCUT2D eigenvalue weighted by Gasteiger charge is 2.29. The van der Waals surface area contributed by atoms with Gasteiger partial charge in [0.15, 0.2) is 0 Å². The van der Waals surface area contributed by atoms with Crippen LogP contribution in [0.5, 0.6) is 5.75 Å². The molecule has 8 heteroatoms. The Labute approximate surface area is 190 Å². The molecule has 1 aliphatic carbocycles. The number of carboxylic acid groups (broad SMARTS) is 1. The molecule has 0 aliphatic heterocycles. The van der Waals surface area contributed by atoms with Gasteiger partial charge < -0.3 is 15.2 Å². The summed E-state index contributed by atoms with van der Waals surface area (Å²) in [4.78, 5) is 23.3. The van der Waals surface area contributed by atoms with Crippen LogP contribution in [0.3, 0.4) is 0 Å². The molecule has 0 spiro atoms. The molecule has 2 heterocycles. The Balaban J connectivity index is 1.60. The molecule has 1 fully saturated rings. The van der Waals surface area contributed by atoms with Crippen LogP contribution in [0.2, 0.25) is 5.02 Å². The second kappa shape index (κ2) is 9.40. The summed E-state index contributed by atoms with van der Waals surface area (Å²) in [6, 6.07) is 7.90. The van der Waals surface area contributed by atoms with Crippen LogP contribution in [0.15, 0.2) is 24.3 Å².